The molecule has 0 aromatic heterocycles. The summed E-state index contributed by atoms with van der Waals surface area (Å²) in [5.74, 6) is -2.66. The first-order valence-corrected chi connectivity index (χ1v) is 5.59. The SMILES string of the molecule is O=[N+]([O-])c1cc(F)c(Cl)c(F)c1NCC(O)CCl. The highest BCUT2D eigenvalue weighted by Gasteiger charge is 2.24. The number of nitro groups is 1. The molecular weight excluding hydrogens is 293 g/mol. The van der Waals surface area contributed by atoms with Gasteiger partial charge < -0.3 is 10.4 Å². The molecule has 0 saturated heterocycles. The van der Waals surface area contributed by atoms with Crippen LogP contribution in [-0.2, 0) is 0 Å². The van der Waals surface area contributed by atoms with Crippen molar-refractivity contribution >= 4 is 34.6 Å². The number of nitrogens with zero attached hydrogens (tertiary/aromatic N) is 1. The molecule has 100 valence electrons. The molecule has 0 fully saturated rings. The average molecular weight is 301 g/mol. The average Bonchev–Trinajstić information content (AvgIpc) is 2.33. The lowest BCUT2D eigenvalue weighted by molar-refractivity contribution is -0.384. The summed E-state index contributed by atoms with van der Waals surface area (Å²) in [6, 6.07) is 0.501. The number of nitro benzene ring substituents is 1. The van der Waals surface area contributed by atoms with Crippen LogP contribution in [0.1, 0.15) is 0 Å². The summed E-state index contributed by atoms with van der Waals surface area (Å²) < 4.78 is 26.7. The van der Waals surface area contributed by atoms with Crippen molar-refractivity contribution in [3.8, 4) is 0 Å². The summed E-state index contributed by atoms with van der Waals surface area (Å²) in [6.07, 6.45) is -1.03. The van der Waals surface area contributed by atoms with Gasteiger partial charge in [0.15, 0.2) is 17.3 Å². The molecule has 1 atom stereocenters. The van der Waals surface area contributed by atoms with Crippen molar-refractivity contribution in [3.05, 3.63) is 32.8 Å². The van der Waals surface area contributed by atoms with Gasteiger partial charge in [-0.25, -0.2) is 8.78 Å². The fourth-order valence-electron chi connectivity index (χ4n) is 1.17. The van der Waals surface area contributed by atoms with Crippen LogP contribution in [0.25, 0.3) is 0 Å². The Labute approximate surface area is 110 Å². The summed E-state index contributed by atoms with van der Waals surface area (Å²) in [6.45, 7) is -0.233. The van der Waals surface area contributed by atoms with Crippen LogP contribution in [0.15, 0.2) is 6.07 Å². The van der Waals surface area contributed by atoms with Crippen LogP contribution in [-0.4, -0.2) is 28.6 Å². The second kappa shape index (κ2) is 6.12. The highest BCUT2D eigenvalue weighted by atomic mass is 35.5. The van der Waals surface area contributed by atoms with Crippen molar-refractivity contribution in [1.82, 2.24) is 0 Å². The Bertz CT molecular complexity index is 474. The zero-order valence-electron chi connectivity index (χ0n) is 8.79. The molecule has 0 heterocycles. The van der Waals surface area contributed by atoms with Crippen LogP contribution >= 0.6 is 23.2 Å². The highest BCUT2D eigenvalue weighted by molar-refractivity contribution is 6.31. The second-order valence-corrected chi connectivity index (χ2v) is 4.01. The van der Waals surface area contributed by atoms with E-state index in [0.717, 1.165) is 0 Å². The van der Waals surface area contributed by atoms with E-state index in [4.69, 9.17) is 28.3 Å². The number of anilines is 1. The number of rotatable bonds is 5. The fourth-order valence-corrected chi connectivity index (χ4v) is 1.43. The first-order chi connectivity index (χ1) is 8.38. The molecule has 0 spiro atoms. The normalized spacial score (nSPS) is 12.3. The number of aliphatic hydroxyl groups excluding tert-OH is 1. The molecule has 1 aromatic rings. The molecule has 0 aliphatic carbocycles. The molecule has 0 amide bonds. The lowest BCUT2D eigenvalue weighted by atomic mass is 10.2. The van der Waals surface area contributed by atoms with Crippen LogP contribution in [0.4, 0.5) is 20.2 Å². The van der Waals surface area contributed by atoms with Crippen molar-refractivity contribution in [2.45, 2.75) is 6.10 Å². The minimum atomic E-state index is -1.29. The third kappa shape index (κ3) is 3.18. The third-order valence-corrected chi connectivity index (χ3v) is 2.73. The Morgan fingerprint density at radius 2 is 2.17 bits per heavy atom. The Morgan fingerprint density at radius 3 is 2.67 bits per heavy atom. The summed E-state index contributed by atoms with van der Waals surface area (Å²) in [5.41, 5.74) is -1.40. The van der Waals surface area contributed by atoms with Crippen molar-refractivity contribution in [2.75, 3.05) is 17.7 Å². The predicted octanol–water partition coefficient (Wildman–Crippen LogP) is 2.54. The zero-order chi connectivity index (χ0) is 13.9. The van der Waals surface area contributed by atoms with Gasteiger partial charge in [-0.3, -0.25) is 10.1 Å². The summed E-state index contributed by atoms with van der Waals surface area (Å²) in [4.78, 5) is 9.69. The number of hydrogen-bond donors (Lipinski definition) is 2. The molecule has 1 aromatic carbocycles. The van der Waals surface area contributed by atoms with E-state index < -0.39 is 39.1 Å². The van der Waals surface area contributed by atoms with E-state index in [1.165, 1.54) is 0 Å². The first kappa shape index (κ1) is 14.9. The zero-order valence-corrected chi connectivity index (χ0v) is 10.3. The van der Waals surface area contributed by atoms with Crippen molar-refractivity contribution in [1.29, 1.82) is 0 Å². The van der Waals surface area contributed by atoms with Crippen LogP contribution in [0.5, 0.6) is 0 Å². The van der Waals surface area contributed by atoms with Gasteiger partial charge in [0.1, 0.15) is 5.02 Å². The lowest BCUT2D eigenvalue weighted by Crippen LogP contribution is -2.22. The van der Waals surface area contributed by atoms with Crippen molar-refractivity contribution in [3.63, 3.8) is 0 Å². The van der Waals surface area contributed by atoms with E-state index in [9.17, 15) is 18.9 Å². The van der Waals surface area contributed by atoms with Gasteiger partial charge in [0.25, 0.3) is 5.69 Å². The predicted molar refractivity (Wildman–Crippen MR) is 63.2 cm³/mol. The fraction of sp³-hybridized carbons (Fsp3) is 0.333. The molecule has 0 radical (unpaired) electrons. The van der Waals surface area contributed by atoms with Crippen molar-refractivity contribution < 1.29 is 18.8 Å². The Kier molecular flexibility index (Phi) is 5.06. The molecule has 9 heteroatoms. The lowest BCUT2D eigenvalue weighted by Gasteiger charge is -2.12. The summed E-state index contributed by atoms with van der Waals surface area (Å²) >= 11 is 10.6. The monoisotopic (exact) mass is 300 g/mol. The molecule has 0 saturated carbocycles. The van der Waals surface area contributed by atoms with E-state index in [0.29, 0.717) is 6.07 Å². The maximum Gasteiger partial charge on any atom is 0.298 e. The minimum absolute atomic E-state index is 0.142. The molecule has 0 aliphatic rings. The summed E-state index contributed by atoms with van der Waals surface area (Å²) in [7, 11) is 0. The molecule has 18 heavy (non-hydrogen) atoms. The van der Waals surface area contributed by atoms with Crippen LogP contribution in [0.2, 0.25) is 5.02 Å². The number of benzene rings is 1. The van der Waals surface area contributed by atoms with Crippen molar-refractivity contribution in [2.24, 2.45) is 0 Å². The number of halogens is 4. The largest absolute Gasteiger partial charge is 0.390 e. The number of hydrogen-bond acceptors (Lipinski definition) is 4. The highest BCUT2D eigenvalue weighted by Crippen LogP contribution is 2.34. The second-order valence-electron chi connectivity index (χ2n) is 3.33. The van der Waals surface area contributed by atoms with Gasteiger partial charge in [0.2, 0.25) is 0 Å². The molecule has 1 rings (SSSR count). The van der Waals surface area contributed by atoms with E-state index >= 15 is 0 Å². The van der Waals surface area contributed by atoms with Gasteiger partial charge in [-0.05, 0) is 0 Å². The molecule has 0 aliphatic heterocycles. The number of aliphatic hydroxyl groups is 1. The molecule has 1 unspecified atom stereocenters. The van der Waals surface area contributed by atoms with E-state index in [1.807, 2.05) is 0 Å². The molecule has 5 nitrogen and oxygen atoms in total. The van der Waals surface area contributed by atoms with Gasteiger partial charge >= 0.3 is 0 Å². The standard InChI is InChI=1S/C9H8Cl2F2N2O3/c10-2-4(16)3-14-9-6(15(17)18)1-5(12)7(11)8(9)13/h1,4,14,16H,2-3H2. The van der Waals surface area contributed by atoms with Crippen LogP contribution in [0, 0.1) is 21.7 Å². The van der Waals surface area contributed by atoms with E-state index in [1.54, 1.807) is 0 Å². The molecule has 0 bridgehead atoms. The number of alkyl halides is 1. The smallest absolute Gasteiger partial charge is 0.298 e. The Balaban J connectivity index is 3.15. The minimum Gasteiger partial charge on any atom is -0.390 e. The maximum atomic E-state index is 13.6. The van der Waals surface area contributed by atoms with Gasteiger partial charge in [-0.15, -0.1) is 11.6 Å². The van der Waals surface area contributed by atoms with Gasteiger partial charge in [-0.2, -0.15) is 0 Å². The van der Waals surface area contributed by atoms with Crippen LogP contribution < -0.4 is 5.32 Å². The van der Waals surface area contributed by atoms with Gasteiger partial charge in [-0.1, -0.05) is 11.6 Å². The Hall–Kier alpha value is -1.18. The maximum absolute atomic E-state index is 13.6. The Morgan fingerprint density at radius 1 is 1.56 bits per heavy atom. The number of nitrogens with one attached hydrogen (secondary N) is 1. The quantitative estimate of drug-likeness (QED) is 0.379. The first-order valence-electron chi connectivity index (χ1n) is 4.68. The topological polar surface area (TPSA) is 75.4 Å². The van der Waals surface area contributed by atoms with Crippen LogP contribution in [0.3, 0.4) is 0 Å². The third-order valence-electron chi connectivity index (χ3n) is 2.03. The molecular formula is C9H8Cl2F2N2O3. The van der Waals surface area contributed by atoms with Gasteiger partial charge in [0.05, 0.1) is 23.0 Å². The molecule has 2 N–H and O–H groups in total. The van der Waals surface area contributed by atoms with E-state index in [2.05, 4.69) is 5.32 Å². The summed E-state index contributed by atoms with van der Waals surface area (Å²) in [5, 5.41) is 21.2. The van der Waals surface area contributed by atoms with E-state index in [-0.39, 0.29) is 12.4 Å². The van der Waals surface area contributed by atoms with Gasteiger partial charge in [0, 0.05) is 6.54 Å².